The molecule has 2 N–H and O–H groups in total. The van der Waals surface area contributed by atoms with Gasteiger partial charge in [-0.05, 0) is 59.7 Å². The number of thiazole rings is 1. The van der Waals surface area contributed by atoms with Crippen molar-refractivity contribution in [1.29, 1.82) is 0 Å². The molecule has 4 aromatic carbocycles. The Morgan fingerprint density at radius 2 is 1.61 bits per heavy atom. The molecule has 0 spiro atoms. The van der Waals surface area contributed by atoms with Crippen molar-refractivity contribution in [2.45, 2.75) is 6.61 Å². The van der Waals surface area contributed by atoms with Crippen molar-refractivity contribution in [2.24, 2.45) is 0 Å². The lowest BCUT2D eigenvalue weighted by Crippen LogP contribution is -2.04. The van der Waals surface area contributed by atoms with Gasteiger partial charge in [-0.25, -0.2) is 4.98 Å². The van der Waals surface area contributed by atoms with Gasteiger partial charge in [0.25, 0.3) is 0 Å². The van der Waals surface area contributed by atoms with Gasteiger partial charge in [0.05, 0.1) is 21.5 Å². The summed E-state index contributed by atoms with van der Waals surface area (Å²) in [5.41, 5.74) is 3.10. The number of nitrogens with zero attached hydrogens (tertiary/aromatic N) is 2. The number of hydrogen-bond donors (Lipinski definition) is 2. The Bertz CT molecular complexity index is 1970. The molecule has 0 aliphatic heterocycles. The molecule has 3 heterocycles. The number of fused-ring (bicyclic) bond motifs is 2. The van der Waals surface area contributed by atoms with Crippen molar-refractivity contribution in [3.8, 4) is 33.8 Å². The van der Waals surface area contributed by atoms with Gasteiger partial charge in [0.15, 0.2) is 16.6 Å². The summed E-state index contributed by atoms with van der Waals surface area (Å²) in [5.74, 6) is -0.911. The second-order valence-electron chi connectivity index (χ2n) is 9.47. The van der Waals surface area contributed by atoms with Crippen LogP contribution in [0.2, 0.25) is 0 Å². The van der Waals surface area contributed by atoms with Crippen LogP contribution in [0, 0.1) is 0 Å². The van der Waals surface area contributed by atoms with E-state index in [4.69, 9.17) is 9.15 Å². The number of ether oxygens (including phenoxy) is 1. The number of carbonyl (C=O) groups is 1. The van der Waals surface area contributed by atoms with Crippen LogP contribution in [0.3, 0.4) is 0 Å². The van der Waals surface area contributed by atoms with Crippen LogP contribution in [0.15, 0.2) is 114 Å². The molecular weight excluding hydrogens is 536 g/mol. The molecule has 41 heavy (non-hydrogen) atoms. The van der Waals surface area contributed by atoms with Gasteiger partial charge < -0.3 is 19.4 Å². The lowest BCUT2D eigenvalue weighted by molar-refractivity contribution is 0.101. The van der Waals surface area contributed by atoms with Crippen molar-refractivity contribution < 1.29 is 24.2 Å². The smallest absolute Gasteiger partial charge is 0.242 e. The number of benzene rings is 4. The van der Waals surface area contributed by atoms with E-state index >= 15 is 0 Å². The zero-order valence-corrected chi connectivity index (χ0v) is 22.3. The fourth-order valence-corrected chi connectivity index (χ4v) is 5.82. The molecule has 7 rings (SSSR count). The van der Waals surface area contributed by atoms with Crippen LogP contribution in [0.25, 0.3) is 37.6 Å². The molecule has 7 nitrogen and oxygen atoms in total. The van der Waals surface area contributed by atoms with E-state index in [2.05, 4.69) is 4.98 Å². The summed E-state index contributed by atoms with van der Waals surface area (Å²) in [6.07, 6.45) is 0. The molecule has 200 valence electrons. The average molecular weight is 559 g/mol. The highest BCUT2D eigenvalue weighted by atomic mass is 32.1. The maximum absolute atomic E-state index is 13.9. The second kappa shape index (κ2) is 10.0. The van der Waals surface area contributed by atoms with E-state index in [1.165, 1.54) is 15.9 Å². The van der Waals surface area contributed by atoms with Crippen LogP contribution < -0.4 is 4.74 Å². The van der Waals surface area contributed by atoms with Gasteiger partial charge in [0.1, 0.15) is 17.9 Å². The van der Waals surface area contributed by atoms with Gasteiger partial charge in [-0.1, -0.05) is 72.0 Å². The van der Waals surface area contributed by atoms with Crippen LogP contribution in [0.4, 0.5) is 0 Å². The minimum atomic E-state index is -0.562. The summed E-state index contributed by atoms with van der Waals surface area (Å²) in [6, 6.07) is 33.5. The predicted molar refractivity (Wildman–Crippen MR) is 158 cm³/mol. The zero-order valence-electron chi connectivity index (χ0n) is 21.5. The summed E-state index contributed by atoms with van der Waals surface area (Å²) in [6.45, 7) is 0.402. The van der Waals surface area contributed by atoms with Crippen molar-refractivity contribution in [1.82, 2.24) is 9.55 Å². The van der Waals surface area contributed by atoms with Crippen LogP contribution >= 0.6 is 11.3 Å². The van der Waals surface area contributed by atoms with Crippen LogP contribution in [0.5, 0.6) is 17.4 Å². The normalized spacial score (nSPS) is 11.3. The molecule has 0 saturated carbocycles. The topological polar surface area (TPSA) is 97.7 Å². The fraction of sp³-hybridized carbons (Fsp3) is 0.0303. The van der Waals surface area contributed by atoms with Gasteiger partial charge in [-0.15, -0.1) is 0 Å². The van der Waals surface area contributed by atoms with Crippen LogP contribution in [-0.2, 0) is 6.61 Å². The maximum atomic E-state index is 13.9. The van der Waals surface area contributed by atoms with E-state index in [0.717, 1.165) is 21.2 Å². The second-order valence-corrected chi connectivity index (χ2v) is 10.5. The summed E-state index contributed by atoms with van der Waals surface area (Å²) in [7, 11) is 0. The molecule has 0 unspecified atom stereocenters. The molecule has 8 heteroatoms. The number of hydrogen-bond acceptors (Lipinski definition) is 7. The van der Waals surface area contributed by atoms with Crippen molar-refractivity contribution in [3.63, 3.8) is 0 Å². The van der Waals surface area contributed by atoms with Gasteiger partial charge in [-0.2, -0.15) is 0 Å². The Kier molecular flexibility index (Phi) is 6.02. The van der Waals surface area contributed by atoms with Gasteiger partial charge in [-0.3, -0.25) is 9.36 Å². The largest absolute Gasteiger partial charge is 0.503 e. The molecule has 0 radical (unpaired) electrons. The number of furan rings is 1. The fourth-order valence-electron chi connectivity index (χ4n) is 4.84. The van der Waals surface area contributed by atoms with E-state index in [1.807, 2.05) is 72.8 Å². The number of rotatable bonds is 7. The highest BCUT2D eigenvalue weighted by Gasteiger charge is 2.32. The van der Waals surface area contributed by atoms with Crippen LogP contribution in [0.1, 0.15) is 21.7 Å². The number of carbonyl (C=O) groups excluding carboxylic acids is 1. The Morgan fingerprint density at radius 3 is 2.39 bits per heavy atom. The summed E-state index contributed by atoms with van der Waals surface area (Å²) in [4.78, 5) is 18.6. The van der Waals surface area contributed by atoms with Crippen molar-refractivity contribution >= 4 is 38.3 Å². The van der Waals surface area contributed by atoms with E-state index in [1.54, 1.807) is 36.4 Å². The standard InChI is InChI=1S/C33H22N2O5S/c36-30(26-18-22-10-4-6-12-25(22)40-26)28-29(21-14-16-23(17-15-21)39-19-20-8-2-1-3-9-20)35(32(38)31(28)37)33-34-24-11-5-7-13-27(24)41-33/h1-18,37-38H,19H2. The first-order valence-corrected chi connectivity index (χ1v) is 13.7. The molecule has 7 aromatic rings. The van der Waals surface area contributed by atoms with E-state index in [-0.39, 0.29) is 11.3 Å². The number of aromatic nitrogens is 2. The minimum absolute atomic E-state index is 0.0482. The Labute approximate surface area is 238 Å². The third kappa shape index (κ3) is 4.40. The van der Waals surface area contributed by atoms with Gasteiger partial charge in [0.2, 0.25) is 11.7 Å². The monoisotopic (exact) mass is 558 g/mol. The van der Waals surface area contributed by atoms with Crippen molar-refractivity contribution in [3.05, 3.63) is 126 Å². The molecule has 0 aliphatic rings. The first-order chi connectivity index (χ1) is 20.1. The first-order valence-electron chi connectivity index (χ1n) is 12.9. The summed E-state index contributed by atoms with van der Waals surface area (Å²) in [5, 5.41) is 23.6. The number of aromatic hydroxyl groups is 2. The maximum Gasteiger partial charge on any atom is 0.242 e. The Balaban J connectivity index is 1.36. The van der Waals surface area contributed by atoms with E-state index in [9.17, 15) is 15.0 Å². The quantitative estimate of drug-likeness (QED) is 0.194. The molecular formula is C33H22N2O5S. The van der Waals surface area contributed by atoms with Crippen LogP contribution in [-0.4, -0.2) is 25.5 Å². The average Bonchev–Trinajstić information content (AvgIpc) is 3.70. The summed E-state index contributed by atoms with van der Waals surface area (Å²) < 4.78 is 14.1. The third-order valence-electron chi connectivity index (χ3n) is 6.85. The van der Waals surface area contributed by atoms with Gasteiger partial charge >= 0.3 is 0 Å². The molecule has 3 aromatic heterocycles. The molecule has 0 saturated heterocycles. The summed E-state index contributed by atoms with van der Waals surface area (Å²) >= 11 is 1.34. The SMILES string of the molecule is O=C(c1cc2ccccc2o1)c1c(O)c(O)n(-c2nc3ccccc3s2)c1-c1ccc(OCc2ccccc2)cc1. The number of para-hydroxylation sites is 2. The van der Waals surface area contributed by atoms with E-state index < -0.39 is 17.4 Å². The van der Waals surface area contributed by atoms with Crippen molar-refractivity contribution in [2.75, 3.05) is 0 Å². The highest BCUT2D eigenvalue weighted by Crippen LogP contribution is 2.45. The van der Waals surface area contributed by atoms with Gasteiger partial charge in [0, 0.05) is 5.39 Å². The highest BCUT2D eigenvalue weighted by molar-refractivity contribution is 7.20. The molecule has 0 bridgehead atoms. The molecule has 0 amide bonds. The lowest BCUT2D eigenvalue weighted by Gasteiger charge is -2.11. The predicted octanol–water partition coefficient (Wildman–Crippen LogP) is 7.72. The number of ketones is 1. The Hall–Kier alpha value is -5.34. The third-order valence-corrected chi connectivity index (χ3v) is 7.87. The van der Waals surface area contributed by atoms with E-state index in [0.29, 0.717) is 34.3 Å². The molecule has 0 atom stereocenters. The molecule has 0 aliphatic carbocycles. The Morgan fingerprint density at radius 1 is 0.878 bits per heavy atom. The lowest BCUT2D eigenvalue weighted by atomic mass is 10.0. The zero-order chi connectivity index (χ0) is 27.9. The minimum Gasteiger partial charge on any atom is -0.503 e. The molecule has 0 fully saturated rings. The first kappa shape index (κ1) is 24.7.